The normalized spacial score (nSPS) is 12.6. The van der Waals surface area contributed by atoms with Gasteiger partial charge in [-0.05, 0) is 40.5 Å². The van der Waals surface area contributed by atoms with Crippen LogP contribution in [0.1, 0.15) is 6.92 Å². The van der Waals surface area contributed by atoms with E-state index in [1.54, 1.807) is 12.4 Å². The molecule has 0 radical (unpaired) electrons. The van der Waals surface area contributed by atoms with Crippen LogP contribution in [0.25, 0.3) is 11.0 Å². The van der Waals surface area contributed by atoms with Crippen molar-refractivity contribution in [3.05, 3.63) is 29.0 Å². The molecule has 17 heavy (non-hydrogen) atoms. The number of fused-ring (bicyclic) bond motifs is 1. The number of rotatable bonds is 4. The Morgan fingerprint density at radius 3 is 3.06 bits per heavy atom. The first kappa shape index (κ1) is 12.3. The molecule has 4 nitrogen and oxygen atoms in total. The molecule has 5 heteroatoms. The summed E-state index contributed by atoms with van der Waals surface area (Å²) in [5, 5.41) is 3.36. The Kier molecular flexibility index (Phi) is 3.91. The second-order valence-electron chi connectivity index (χ2n) is 4.10. The summed E-state index contributed by atoms with van der Waals surface area (Å²) in [4.78, 5) is 8.67. The molecule has 1 atom stereocenters. The second-order valence-corrected chi connectivity index (χ2v) is 5.02. The minimum Gasteiger partial charge on any atom is -0.383 e. The third-order valence-corrected chi connectivity index (χ3v) is 3.02. The minimum absolute atomic E-state index is 0.439. The Bertz CT molecular complexity index is 515. The Labute approximate surface area is 109 Å². The summed E-state index contributed by atoms with van der Waals surface area (Å²) in [6.07, 6.45) is 3.56. The van der Waals surface area contributed by atoms with Crippen molar-refractivity contribution in [2.24, 2.45) is 11.7 Å². The molecule has 0 aliphatic carbocycles. The first-order valence-corrected chi connectivity index (χ1v) is 6.34. The first-order chi connectivity index (χ1) is 8.20. The van der Waals surface area contributed by atoms with Crippen molar-refractivity contribution in [1.29, 1.82) is 0 Å². The van der Waals surface area contributed by atoms with Crippen LogP contribution >= 0.6 is 15.9 Å². The van der Waals surface area contributed by atoms with Gasteiger partial charge >= 0.3 is 0 Å². The van der Waals surface area contributed by atoms with Crippen molar-refractivity contribution in [2.45, 2.75) is 6.92 Å². The summed E-state index contributed by atoms with van der Waals surface area (Å²) in [7, 11) is 0. The molecule has 3 N–H and O–H groups in total. The van der Waals surface area contributed by atoms with Gasteiger partial charge in [0.2, 0.25) is 0 Å². The lowest BCUT2D eigenvalue weighted by Crippen LogP contribution is -2.19. The molecule has 0 aliphatic rings. The molecular formula is C12H15BrN4. The summed E-state index contributed by atoms with van der Waals surface area (Å²) in [6, 6.07) is 3.90. The van der Waals surface area contributed by atoms with Crippen LogP contribution in [0.15, 0.2) is 29.0 Å². The van der Waals surface area contributed by atoms with E-state index in [0.717, 1.165) is 27.7 Å². The Morgan fingerprint density at radius 1 is 1.47 bits per heavy atom. The van der Waals surface area contributed by atoms with Gasteiger partial charge in [-0.15, -0.1) is 0 Å². The molecule has 0 amide bonds. The van der Waals surface area contributed by atoms with Gasteiger partial charge < -0.3 is 11.1 Å². The third-order valence-electron chi connectivity index (χ3n) is 2.59. The van der Waals surface area contributed by atoms with E-state index >= 15 is 0 Å². The van der Waals surface area contributed by atoms with E-state index in [-0.39, 0.29) is 0 Å². The van der Waals surface area contributed by atoms with Crippen molar-refractivity contribution < 1.29 is 0 Å². The van der Waals surface area contributed by atoms with Crippen LogP contribution in [0.5, 0.6) is 0 Å². The lowest BCUT2D eigenvalue weighted by molar-refractivity contribution is 0.628. The largest absolute Gasteiger partial charge is 0.383 e. The van der Waals surface area contributed by atoms with Gasteiger partial charge in [0.1, 0.15) is 5.52 Å². The van der Waals surface area contributed by atoms with E-state index in [4.69, 9.17) is 5.73 Å². The van der Waals surface area contributed by atoms with Gasteiger partial charge in [-0.1, -0.05) is 6.92 Å². The molecule has 2 rings (SSSR count). The zero-order valence-corrected chi connectivity index (χ0v) is 11.2. The number of hydrogen-bond acceptors (Lipinski definition) is 4. The van der Waals surface area contributed by atoms with E-state index in [1.165, 1.54) is 0 Å². The molecule has 1 unspecified atom stereocenters. The fraction of sp³-hybridized carbons (Fsp3) is 0.333. The van der Waals surface area contributed by atoms with E-state index in [2.05, 4.69) is 38.1 Å². The highest BCUT2D eigenvalue weighted by atomic mass is 79.9. The van der Waals surface area contributed by atoms with E-state index in [0.29, 0.717) is 12.5 Å². The van der Waals surface area contributed by atoms with Crippen molar-refractivity contribution in [1.82, 2.24) is 9.97 Å². The SMILES string of the molecule is CC(CN)CNc1ccnc2cc(Br)cnc12. The summed E-state index contributed by atoms with van der Waals surface area (Å²) < 4.78 is 0.935. The minimum atomic E-state index is 0.439. The lowest BCUT2D eigenvalue weighted by Gasteiger charge is -2.12. The van der Waals surface area contributed by atoms with Crippen LogP contribution in [0.2, 0.25) is 0 Å². The molecule has 0 bridgehead atoms. The summed E-state index contributed by atoms with van der Waals surface area (Å²) in [6.45, 7) is 3.63. The van der Waals surface area contributed by atoms with Crippen LogP contribution in [0.3, 0.4) is 0 Å². The zero-order valence-electron chi connectivity index (χ0n) is 9.65. The molecule has 2 aromatic heterocycles. The van der Waals surface area contributed by atoms with Crippen molar-refractivity contribution >= 4 is 32.7 Å². The zero-order chi connectivity index (χ0) is 12.3. The van der Waals surface area contributed by atoms with Crippen LogP contribution in [0, 0.1) is 5.92 Å². The summed E-state index contributed by atoms with van der Waals surface area (Å²) in [5.41, 5.74) is 8.37. The average Bonchev–Trinajstić information content (AvgIpc) is 2.35. The second kappa shape index (κ2) is 5.42. The number of pyridine rings is 2. The topological polar surface area (TPSA) is 63.8 Å². The number of anilines is 1. The Hall–Kier alpha value is -1.20. The predicted molar refractivity (Wildman–Crippen MR) is 73.9 cm³/mol. The van der Waals surface area contributed by atoms with E-state index < -0.39 is 0 Å². The highest BCUT2D eigenvalue weighted by Crippen LogP contribution is 2.22. The van der Waals surface area contributed by atoms with Crippen molar-refractivity contribution in [3.63, 3.8) is 0 Å². The number of halogens is 1. The average molecular weight is 295 g/mol. The maximum Gasteiger partial charge on any atom is 0.112 e. The molecule has 90 valence electrons. The summed E-state index contributed by atoms with van der Waals surface area (Å²) >= 11 is 3.39. The van der Waals surface area contributed by atoms with Crippen molar-refractivity contribution in [2.75, 3.05) is 18.4 Å². The first-order valence-electron chi connectivity index (χ1n) is 5.55. The molecular weight excluding hydrogens is 280 g/mol. The quantitative estimate of drug-likeness (QED) is 0.909. The lowest BCUT2D eigenvalue weighted by atomic mass is 10.2. The number of hydrogen-bond donors (Lipinski definition) is 2. The maximum atomic E-state index is 5.59. The number of nitrogens with two attached hydrogens (primary N) is 1. The molecule has 0 saturated carbocycles. The van der Waals surface area contributed by atoms with Gasteiger partial charge in [0.25, 0.3) is 0 Å². The van der Waals surface area contributed by atoms with Gasteiger partial charge in [-0.2, -0.15) is 0 Å². The van der Waals surface area contributed by atoms with Crippen LogP contribution in [-0.2, 0) is 0 Å². The summed E-state index contributed by atoms with van der Waals surface area (Å²) in [5.74, 6) is 0.439. The van der Waals surface area contributed by atoms with E-state index in [1.807, 2.05) is 12.1 Å². The van der Waals surface area contributed by atoms with Gasteiger partial charge in [0, 0.05) is 23.4 Å². The molecule has 0 saturated heterocycles. The Morgan fingerprint density at radius 2 is 2.29 bits per heavy atom. The smallest absolute Gasteiger partial charge is 0.112 e. The third kappa shape index (κ3) is 2.92. The van der Waals surface area contributed by atoms with Crippen LogP contribution in [0.4, 0.5) is 5.69 Å². The highest BCUT2D eigenvalue weighted by molar-refractivity contribution is 9.10. The fourth-order valence-corrected chi connectivity index (χ4v) is 1.83. The molecule has 2 heterocycles. The monoisotopic (exact) mass is 294 g/mol. The van der Waals surface area contributed by atoms with Crippen LogP contribution in [-0.4, -0.2) is 23.1 Å². The molecule has 2 aromatic rings. The molecule has 0 aromatic carbocycles. The number of nitrogens with one attached hydrogen (secondary N) is 1. The number of aromatic nitrogens is 2. The molecule has 0 fully saturated rings. The molecule has 0 aliphatic heterocycles. The van der Waals surface area contributed by atoms with Gasteiger partial charge in [-0.3, -0.25) is 9.97 Å². The van der Waals surface area contributed by atoms with Crippen molar-refractivity contribution in [3.8, 4) is 0 Å². The standard InChI is InChI=1S/C12H15BrN4/c1-8(5-14)6-16-10-2-3-15-11-4-9(13)7-17-12(10)11/h2-4,7-8H,5-6,14H2,1H3,(H,15,16). The fourth-order valence-electron chi connectivity index (χ4n) is 1.52. The van der Waals surface area contributed by atoms with Gasteiger partial charge in [0.15, 0.2) is 0 Å². The van der Waals surface area contributed by atoms with Gasteiger partial charge in [-0.25, -0.2) is 0 Å². The maximum absolute atomic E-state index is 5.59. The highest BCUT2D eigenvalue weighted by Gasteiger charge is 2.05. The molecule has 0 spiro atoms. The Balaban J connectivity index is 2.28. The van der Waals surface area contributed by atoms with Gasteiger partial charge in [0.05, 0.1) is 11.2 Å². The number of nitrogens with zero attached hydrogens (tertiary/aromatic N) is 2. The predicted octanol–water partition coefficient (Wildman–Crippen LogP) is 2.40. The van der Waals surface area contributed by atoms with Crippen LogP contribution < -0.4 is 11.1 Å². The van der Waals surface area contributed by atoms with E-state index in [9.17, 15) is 0 Å².